The van der Waals surface area contributed by atoms with Gasteiger partial charge in [0.15, 0.2) is 0 Å². The Morgan fingerprint density at radius 3 is 1.73 bits per heavy atom. The summed E-state index contributed by atoms with van der Waals surface area (Å²) in [6.07, 6.45) is -5.92. The van der Waals surface area contributed by atoms with Crippen molar-refractivity contribution in [2.75, 3.05) is 0 Å². The van der Waals surface area contributed by atoms with E-state index >= 15 is 0 Å². The molecular weight excluding hydrogens is 197 g/mol. The molecular formula is C5H5F3O2Ti+2. The first-order valence-electron chi connectivity index (χ1n) is 2.43. The minimum Gasteiger partial charge on any atom is -0.300 e. The zero-order chi connectivity index (χ0) is 8.36. The Bertz CT molecular complexity index is 164. The van der Waals surface area contributed by atoms with Crippen LogP contribution in [-0.4, -0.2) is 17.7 Å². The molecule has 0 spiro atoms. The number of Topliss-reactive ketones (excluding diaryl/α,β-unsaturated/α-hetero) is 2. The Balaban J connectivity index is 0. The summed E-state index contributed by atoms with van der Waals surface area (Å²) in [5.41, 5.74) is 0. The Morgan fingerprint density at radius 1 is 1.27 bits per heavy atom. The normalized spacial score (nSPS) is 10.2. The molecule has 60 valence electrons. The molecule has 0 amide bonds. The molecule has 0 radical (unpaired) electrons. The first-order chi connectivity index (χ1) is 4.34. The molecule has 0 saturated carbocycles. The molecule has 11 heavy (non-hydrogen) atoms. The van der Waals surface area contributed by atoms with Gasteiger partial charge in [0.1, 0.15) is 5.78 Å². The molecule has 0 aromatic carbocycles. The summed E-state index contributed by atoms with van der Waals surface area (Å²) in [5.74, 6) is -2.76. The summed E-state index contributed by atoms with van der Waals surface area (Å²) >= 11 is 0. The minimum atomic E-state index is -4.87. The molecule has 0 saturated heterocycles. The van der Waals surface area contributed by atoms with Gasteiger partial charge in [0, 0.05) is 0 Å². The SMILES string of the molecule is CC(=O)CC(=O)C(F)(F)F.[Ti+2]. The molecule has 0 aromatic heterocycles. The van der Waals surface area contributed by atoms with Crippen molar-refractivity contribution in [3.05, 3.63) is 0 Å². The van der Waals surface area contributed by atoms with Gasteiger partial charge in [0.05, 0.1) is 6.42 Å². The Hall–Kier alpha value is -0.156. The van der Waals surface area contributed by atoms with Crippen LogP contribution in [0.4, 0.5) is 13.2 Å². The Labute approximate surface area is 76.0 Å². The van der Waals surface area contributed by atoms with Crippen molar-refractivity contribution >= 4 is 11.6 Å². The fourth-order valence-corrected chi connectivity index (χ4v) is 0.326. The molecule has 0 fully saturated rings. The van der Waals surface area contributed by atoms with E-state index in [2.05, 4.69) is 0 Å². The van der Waals surface area contributed by atoms with E-state index in [1.54, 1.807) is 0 Å². The third kappa shape index (κ3) is 6.25. The van der Waals surface area contributed by atoms with Crippen molar-refractivity contribution in [3.8, 4) is 0 Å². The number of hydrogen-bond acceptors (Lipinski definition) is 2. The van der Waals surface area contributed by atoms with Gasteiger partial charge in [0.25, 0.3) is 0 Å². The van der Waals surface area contributed by atoms with Gasteiger partial charge in [-0.2, -0.15) is 13.2 Å². The molecule has 0 aliphatic carbocycles. The maximum atomic E-state index is 11.3. The minimum absolute atomic E-state index is 0. The number of carbonyl (C=O) groups excluding carboxylic acids is 2. The molecule has 0 heterocycles. The van der Waals surface area contributed by atoms with E-state index in [-0.39, 0.29) is 21.7 Å². The summed E-state index contributed by atoms with van der Waals surface area (Å²) in [5, 5.41) is 0. The van der Waals surface area contributed by atoms with Crippen LogP contribution in [0.25, 0.3) is 0 Å². The van der Waals surface area contributed by atoms with Crippen LogP contribution in [0.5, 0.6) is 0 Å². The van der Waals surface area contributed by atoms with Crippen molar-refractivity contribution in [1.82, 2.24) is 0 Å². The second kappa shape index (κ2) is 4.67. The van der Waals surface area contributed by atoms with Gasteiger partial charge in [-0.25, -0.2) is 0 Å². The Morgan fingerprint density at radius 2 is 1.64 bits per heavy atom. The topological polar surface area (TPSA) is 34.1 Å². The zero-order valence-electron chi connectivity index (χ0n) is 5.66. The summed E-state index contributed by atoms with van der Waals surface area (Å²) < 4.78 is 33.9. The van der Waals surface area contributed by atoms with Crippen LogP contribution in [0.1, 0.15) is 13.3 Å². The van der Waals surface area contributed by atoms with Crippen molar-refractivity contribution in [2.24, 2.45) is 0 Å². The summed E-state index contributed by atoms with van der Waals surface area (Å²) in [7, 11) is 0. The van der Waals surface area contributed by atoms with E-state index in [0.29, 0.717) is 0 Å². The molecule has 0 rings (SSSR count). The van der Waals surface area contributed by atoms with Crippen molar-refractivity contribution in [2.45, 2.75) is 19.5 Å². The largest absolute Gasteiger partial charge is 2.00 e. The molecule has 0 bridgehead atoms. The fourth-order valence-electron chi connectivity index (χ4n) is 0.326. The third-order valence-electron chi connectivity index (χ3n) is 0.726. The second-order valence-electron chi connectivity index (χ2n) is 1.80. The van der Waals surface area contributed by atoms with E-state index in [1.165, 1.54) is 0 Å². The van der Waals surface area contributed by atoms with Crippen LogP contribution in [0.2, 0.25) is 0 Å². The Kier molecular flexibility index (Phi) is 5.70. The van der Waals surface area contributed by atoms with Crippen LogP contribution in [0, 0.1) is 0 Å². The van der Waals surface area contributed by atoms with E-state index in [9.17, 15) is 22.8 Å². The average molecular weight is 202 g/mol. The number of halogens is 3. The van der Waals surface area contributed by atoms with Crippen LogP contribution < -0.4 is 0 Å². The molecule has 0 aliphatic rings. The number of hydrogen-bond donors (Lipinski definition) is 0. The van der Waals surface area contributed by atoms with Gasteiger partial charge in [-0.15, -0.1) is 0 Å². The van der Waals surface area contributed by atoms with Crippen LogP contribution in [-0.2, 0) is 31.3 Å². The van der Waals surface area contributed by atoms with Crippen LogP contribution >= 0.6 is 0 Å². The maximum absolute atomic E-state index is 11.3. The van der Waals surface area contributed by atoms with Crippen molar-refractivity contribution in [1.29, 1.82) is 0 Å². The molecule has 0 atom stereocenters. The first-order valence-corrected chi connectivity index (χ1v) is 2.43. The van der Waals surface area contributed by atoms with Crippen molar-refractivity contribution in [3.63, 3.8) is 0 Å². The van der Waals surface area contributed by atoms with E-state index in [4.69, 9.17) is 0 Å². The third-order valence-corrected chi connectivity index (χ3v) is 0.726. The quantitative estimate of drug-likeness (QED) is 0.496. The average Bonchev–Trinajstić information content (AvgIpc) is 1.60. The molecule has 0 N–H and O–H groups in total. The maximum Gasteiger partial charge on any atom is 2.00 e. The molecule has 0 unspecified atom stereocenters. The second-order valence-corrected chi connectivity index (χ2v) is 1.80. The van der Waals surface area contributed by atoms with Gasteiger partial charge < -0.3 is 0 Å². The molecule has 2 nitrogen and oxygen atoms in total. The molecule has 0 aliphatic heterocycles. The number of alkyl halides is 3. The predicted octanol–water partition coefficient (Wildman–Crippen LogP) is 1.09. The predicted molar refractivity (Wildman–Crippen MR) is 26.4 cm³/mol. The van der Waals surface area contributed by atoms with Crippen molar-refractivity contribution < 1.29 is 44.5 Å². The van der Waals surface area contributed by atoms with E-state index < -0.39 is 24.2 Å². The monoisotopic (exact) mass is 202 g/mol. The van der Waals surface area contributed by atoms with E-state index in [0.717, 1.165) is 6.92 Å². The summed E-state index contributed by atoms with van der Waals surface area (Å²) in [4.78, 5) is 19.9. The van der Waals surface area contributed by atoms with Gasteiger partial charge in [-0.1, -0.05) is 0 Å². The van der Waals surface area contributed by atoms with Crippen LogP contribution in [0.15, 0.2) is 0 Å². The first kappa shape index (κ1) is 13.4. The molecule has 0 aromatic rings. The summed E-state index contributed by atoms with van der Waals surface area (Å²) in [6, 6.07) is 0. The number of rotatable bonds is 2. The fraction of sp³-hybridized carbons (Fsp3) is 0.600. The van der Waals surface area contributed by atoms with Gasteiger partial charge in [-0.05, 0) is 6.92 Å². The van der Waals surface area contributed by atoms with Gasteiger partial charge >= 0.3 is 27.9 Å². The number of carbonyl (C=O) groups is 2. The van der Waals surface area contributed by atoms with Gasteiger partial charge in [-0.3, -0.25) is 9.59 Å². The van der Waals surface area contributed by atoms with E-state index in [1.807, 2.05) is 0 Å². The standard InChI is InChI=1S/C5H5F3O2.Ti/c1-3(9)2-4(10)5(6,7)8;/h2H2,1H3;/q;+2. The molecule has 6 heteroatoms. The smallest absolute Gasteiger partial charge is 0.300 e. The van der Waals surface area contributed by atoms with Crippen LogP contribution in [0.3, 0.4) is 0 Å². The number of ketones is 2. The zero-order valence-corrected chi connectivity index (χ0v) is 7.22. The summed E-state index contributed by atoms with van der Waals surface area (Å²) in [6.45, 7) is 0.934. The van der Waals surface area contributed by atoms with Gasteiger partial charge in [0.2, 0.25) is 5.78 Å².